The summed E-state index contributed by atoms with van der Waals surface area (Å²) < 4.78 is 44.6. The van der Waals surface area contributed by atoms with E-state index in [0.717, 1.165) is 6.07 Å². The van der Waals surface area contributed by atoms with Crippen LogP contribution in [0.2, 0.25) is 0 Å². The Kier molecular flexibility index (Phi) is 4.56. The van der Waals surface area contributed by atoms with Crippen LogP contribution in [0.3, 0.4) is 0 Å². The molecule has 0 saturated carbocycles. The summed E-state index contributed by atoms with van der Waals surface area (Å²) in [5.74, 6) is -0.241. The molecule has 1 aliphatic rings. The molecule has 0 radical (unpaired) electrons. The largest absolute Gasteiger partial charge is 0.416 e. The van der Waals surface area contributed by atoms with E-state index in [4.69, 9.17) is 4.74 Å². The average Bonchev–Trinajstić information content (AvgIpc) is 2.45. The highest BCUT2D eigenvalue weighted by molar-refractivity contribution is 5.78. The standard InChI is InChI=1S/C15H18F3NO2/c1-10(2)14(20)19-7-8-21-13(9-19)11-5-3-4-6-12(11)15(16,17)18/h3-6,10,13H,7-9H2,1-2H3. The fourth-order valence-electron chi connectivity index (χ4n) is 2.44. The lowest BCUT2D eigenvalue weighted by atomic mass is 10.00. The minimum absolute atomic E-state index is 0.0622. The second-order valence-electron chi connectivity index (χ2n) is 5.38. The van der Waals surface area contributed by atoms with Crippen molar-refractivity contribution in [2.75, 3.05) is 19.7 Å². The molecule has 0 N–H and O–H groups in total. The number of carbonyl (C=O) groups excluding carboxylic acids is 1. The van der Waals surface area contributed by atoms with Crippen LogP contribution in [0.1, 0.15) is 31.1 Å². The molecule has 1 unspecified atom stereocenters. The maximum Gasteiger partial charge on any atom is 0.416 e. The molecule has 116 valence electrons. The fourth-order valence-corrected chi connectivity index (χ4v) is 2.44. The molecule has 0 aromatic heterocycles. The first kappa shape index (κ1) is 15.8. The second kappa shape index (κ2) is 6.05. The van der Waals surface area contributed by atoms with Crippen LogP contribution in [-0.2, 0) is 15.7 Å². The van der Waals surface area contributed by atoms with Crippen LogP contribution in [0.5, 0.6) is 0 Å². The van der Waals surface area contributed by atoms with Gasteiger partial charge >= 0.3 is 6.18 Å². The topological polar surface area (TPSA) is 29.5 Å². The zero-order chi connectivity index (χ0) is 15.6. The Morgan fingerprint density at radius 2 is 2.00 bits per heavy atom. The van der Waals surface area contributed by atoms with Gasteiger partial charge in [-0.3, -0.25) is 4.79 Å². The maximum atomic E-state index is 13.1. The minimum Gasteiger partial charge on any atom is -0.370 e. The van der Waals surface area contributed by atoms with E-state index in [1.165, 1.54) is 12.1 Å². The zero-order valence-corrected chi connectivity index (χ0v) is 12.0. The predicted octanol–water partition coefficient (Wildman–Crippen LogP) is 3.26. The van der Waals surface area contributed by atoms with E-state index >= 15 is 0 Å². The number of hydrogen-bond donors (Lipinski definition) is 0. The average molecular weight is 301 g/mol. The van der Waals surface area contributed by atoms with Crippen molar-refractivity contribution in [3.05, 3.63) is 35.4 Å². The highest BCUT2D eigenvalue weighted by Crippen LogP contribution is 2.36. The first-order chi connectivity index (χ1) is 9.80. The van der Waals surface area contributed by atoms with Crippen molar-refractivity contribution in [3.8, 4) is 0 Å². The van der Waals surface area contributed by atoms with Crippen LogP contribution in [0.4, 0.5) is 13.2 Å². The van der Waals surface area contributed by atoms with Gasteiger partial charge in [0.25, 0.3) is 0 Å². The molecule has 0 bridgehead atoms. The van der Waals surface area contributed by atoms with E-state index in [9.17, 15) is 18.0 Å². The summed E-state index contributed by atoms with van der Waals surface area (Å²) in [4.78, 5) is 13.6. The van der Waals surface area contributed by atoms with Crippen molar-refractivity contribution < 1.29 is 22.7 Å². The van der Waals surface area contributed by atoms with Gasteiger partial charge in [-0.2, -0.15) is 13.2 Å². The molecule has 1 aliphatic heterocycles. The molecule has 1 heterocycles. The van der Waals surface area contributed by atoms with E-state index < -0.39 is 17.8 Å². The molecular weight excluding hydrogens is 283 g/mol. The van der Waals surface area contributed by atoms with Gasteiger partial charge in [0, 0.05) is 12.5 Å². The SMILES string of the molecule is CC(C)C(=O)N1CCOC(c2ccccc2C(F)(F)F)C1. The number of benzene rings is 1. The number of hydrogen-bond acceptors (Lipinski definition) is 2. The van der Waals surface area contributed by atoms with Crippen molar-refractivity contribution in [1.82, 2.24) is 4.90 Å². The number of nitrogens with zero attached hydrogens (tertiary/aromatic N) is 1. The Hall–Kier alpha value is -1.56. The number of halogens is 3. The molecular formula is C15H18F3NO2. The summed E-state index contributed by atoms with van der Waals surface area (Å²) in [6.45, 7) is 4.37. The van der Waals surface area contributed by atoms with E-state index in [1.54, 1.807) is 24.8 Å². The monoisotopic (exact) mass is 301 g/mol. The molecule has 1 amide bonds. The van der Waals surface area contributed by atoms with E-state index in [2.05, 4.69) is 0 Å². The Morgan fingerprint density at radius 3 is 2.62 bits per heavy atom. The lowest BCUT2D eigenvalue weighted by molar-refractivity contribution is -0.145. The highest BCUT2D eigenvalue weighted by atomic mass is 19.4. The van der Waals surface area contributed by atoms with E-state index in [0.29, 0.717) is 6.54 Å². The van der Waals surface area contributed by atoms with Gasteiger partial charge in [-0.15, -0.1) is 0 Å². The van der Waals surface area contributed by atoms with Gasteiger partial charge in [-0.1, -0.05) is 32.0 Å². The van der Waals surface area contributed by atoms with Crippen LogP contribution in [-0.4, -0.2) is 30.5 Å². The van der Waals surface area contributed by atoms with E-state index in [-0.39, 0.29) is 30.5 Å². The maximum absolute atomic E-state index is 13.1. The van der Waals surface area contributed by atoms with Crippen molar-refractivity contribution in [1.29, 1.82) is 0 Å². The lowest BCUT2D eigenvalue weighted by Crippen LogP contribution is -2.44. The molecule has 2 rings (SSSR count). The van der Waals surface area contributed by atoms with Gasteiger partial charge in [-0.25, -0.2) is 0 Å². The lowest BCUT2D eigenvalue weighted by Gasteiger charge is -2.35. The van der Waals surface area contributed by atoms with Crippen LogP contribution < -0.4 is 0 Å². The molecule has 6 heteroatoms. The summed E-state index contributed by atoms with van der Waals surface area (Å²) in [6, 6.07) is 5.36. The normalized spacial score (nSPS) is 19.9. The third kappa shape index (κ3) is 3.56. The van der Waals surface area contributed by atoms with Crippen molar-refractivity contribution in [3.63, 3.8) is 0 Å². The first-order valence-electron chi connectivity index (χ1n) is 6.87. The van der Waals surface area contributed by atoms with Crippen molar-refractivity contribution in [2.45, 2.75) is 26.1 Å². The van der Waals surface area contributed by atoms with Crippen LogP contribution >= 0.6 is 0 Å². The predicted molar refractivity (Wildman–Crippen MR) is 71.6 cm³/mol. The molecule has 3 nitrogen and oxygen atoms in total. The highest BCUT2D eigenvalue weighted by Gasteiger charge is 2.37. The van der Waals surface area contributed by atoms with Gasteiger partial charge in [-0.05, 0) is 11.6 Å². The van der Waals surface area contributed by atoms with Crippen LogP contribution in [0.15, 0.2) is 24.3 Å². The molecule has 0 aliphatic carbocycles. The summed E-state index contributed by atoms with van der Waals surface area (Å²) in [5.41, 5.74) is -0.611. The van der Waals surface area contributed by atoms with Crippen molar-refractivity contribution >= 4 is 5.91 Å². The van der Waals surface area contributed by atoms with Gasteiger partial charge in [0.1, 0.15) is 6.10 Å². The van der Waals surface area contributed by atoms with E-state index in [1.807, 2.05) is 0 Å². The zero-order valence-electron chi connectivity index (χ0n) is 12.0. The second-order valence-corrected chi connectivity index (χ2v) is 5.38. The Bertz CT molecular complexity index is 514. The quantitative estimate of drug-likeness (QED) is 0.839. The number of rotatable bonds is 2. The Morgan fingerprint density at radius 1 is 1.33 bits per heavy atom. The molecule has 1 aromatic carbocycles. The molecule has 1 saturated heterocycles. The fraction of sp³-hybridized carbons (Fsp3) is 0.533. The molecule has 0 spiro atoms. The number of morpholine rings is 1. The molecule has 21 heavy (non-hydrogen) atoms. The third-order valence-corrected chi connectivity index (χ3v) is 3.49. The van der Waals surface area contributed by atoms with Gasteiger partial charge in [0.05, 0.1) is 18.7 Å². The van der Waals surface area contributed by atoms with Gasteiger partial charge in [0.2, 0.25) is 5.91 Å². The Balaban J connectivity index is 2.25. The van der Waals surface area contributed by atoms with Crippen molar-refractivity contribution in [2.24, 2.45) is 5.92 Å². The molecule has 1 aromatic rings. The van der Waals surface area contributed by atoms with Crippen LogP contribution in [0.25, 0.3) is 0 Å². The van der Waals surface area contributed by atoms with Gasteiger partial charge in [0.15, 0.2) is 0 Å². The summed E-state index contributed by atoms with van der Waals surface area (Å²) in [7, 11) is 0. The van der Waals surface area contributed by atoms with Crippen LogP contribution in [0, 0.1) is 5.92 Å². The number of amides is 1. The summed E-state index contributed by atoms with van der Waals surface area (Å²) in [5, 5.41) is 0. The van der Waals surface area contributed by atoms with Gasteiger partial charge < -0.3 is 9.64 Å². The molecule has 1 fully saturated rings. The summed E-state index contributed by atoms with van der Waals surface area (Å²) >= 11 is 0. The molecule has 1 atom stereocenters. The first-order valence-corrected chi connectivity index (χ1v) is 6.87. The number of alkyl halides is 3. The summed E-state index contributed by atoms with van der Waals surface area (Å²) in [6.07, 6.45) is -5.16. The minimum atomic E-state index is -4.43. The smallest absolute Gasteiger partial charge is 0.370 e. The number of ether oxygens (including phenoxy) is 1. The third-order valence-electron chi connectivity index (χ3n) is 3.49. The Labute approximate surface area is 121 Å². The number of carbonyl (C=O) groups is 1.